The van der Waals surface area contributed by atoms with Crippen LogP contribution in [0.2, 0.25) is 0 Å². The third kappa shape index (κ3) is 3.73. The van der Waals surface area contributed by atoms with E-state index in [1.807, 2.05) is 24.3 Å². The zero-order valence-corrected chi connectivity index (χ0v) is 12.1. The average Bonchev–Trinajstić information content (AvgIpc) is 2.73. The number of amides is 1. The van der Waals surface area contributed by atoms with E-state index in [1.165, 1.54) is 25.7 Å². The van der Waals surface area contributed by atoms with Gasteiger partial charge in [0, 0.05) is 11.6 Å². The number of carbonyl (C=O) groups is 1. The van der Waals surface area contributed by atoms with Gasteiger partial charge in [-0.05, 0) is 18.9 Å². The van der Waals surface area contributed by atoms with E-state index in [4.69, 9.17) is 10.5 Å². The molecule has 1 fully saturated rings. The first-order valence-corrected chi connectivity index (χ1v) is 7.40. The van der Waals surface area contributed by atoms with Crippen molar-refractivity contribution >= 4 is 5.91 Å². The second kappa shape index (κ2) is 7.29. The van der Waals surface area contributed by atoms with Crippen molar-refractivity contribution in [2.75, 3.05) is 7.11 Å². The number of methoxy groups -OCH3 is 1. The number of hydrogen-bond acceptors (Lipinski definition) is 3. The summed E-state index contributed by atoms with van der Waals surface area (Å²) in [4.78, 5) is 11.8. The zero-order chi connectivity index (χ0) is 14.4. The molecule has 1 aliphatic rings. The molecule has 1 aliphatic carbocycles. The second-order valence-electron chi connectivity index (χ2n) is 5.43. The molecular weight excluding hydrogens is 252 g/mol. The molecule has 1 aromatic carbocycles. The van der Waals surface area contributed by atoms with Crippen LogP contribution < -0.4 is 15.8 Å². The molecule has 1 saturated carbocycles. The minimum atomic E-state index is -0.478. The largest absolute Gasteiger partial charge is 0.496 e. The highest BCUT2D eigenvalue weighted by atomic mass is 16.5. The van der Waals surface area contributed by atoms with Crippen molar-refractivity contribution in [2.45, 2.75) is 50.6 Å². The third-order valence-corrected chi connectivity index (χ3v) is 3.99. The number of carbonyl (C=O) groups excluding carboxylic acids is 1. The maximum atomic E-state index is 11.8. The van der Waals surface area contributed by atoms with Gasteiger partial charge in [-0.2, -0.15) is 0 Å². The van der Waals surface area contributed by atoms with Gasteiger partial charge in [-0.15, -0.1) is 0 Å². The number of benzene rings is 1. The van der Waals surface area contributed by atoms with Gasteiger partial charge in [-0.1, -0.05) is 43.9 Å². The Morgan fingerprint density at radius 1 is 1.25 bits per heavy atom. The lowest BCUT2D eigenvalue weighted by molar-refractivity contribution is -0.120. The first-order chi connectivity index (χ1) is 9.72. The number of nitrogens with two attached hydrogens (primary N) is 1. The van der Waals surface area contributed by atoms with Crippen molar-refractivity contribution in [2.24, 2.45) is 5.73 Å². The summed E-state index contributed by atoms with van der Waals surface area (Å²) in [5, 5.41) is 3.43. The molecule has 0 radical (unpaired) electrons. The molecule has 0 bridgehead atoms. The molecule has 1 amide bonds. The van der Waals surface area contributed by atoms with E-state index < -0.39 is 6.04 Å². The predicted octanol–water partition coefficient (Wildman–Crippen LogP) is 2.53. The van der Waals surface area contributed by atoms with Crippen molar-refractivity contribution in [3.05, 3.63) is 29.8 Å². The molecule has 0 saturated heterocycles. The van der Waals surface area contributed by atoms with Crippen LogP contribution in [-0.2, 0) is 4.79 Å². The minimum absolute atomic E-state index is 0.348. The Balaban J connectivity index is 2.15. The lowest BCUT2D eigenvalue weighted by Gasteiger charge is -2.24. The quantitative estimate of drug-likeness (QED) is 0.812. The van der Waals surface area contributed by atoms with E-state index in [0.29, 0.717) is 11.8 Å². The smallest absolute Gasteiger partial charge is 0.239 e. The van der Waals surface area contributed by atoms with Crippen molar-refractivity contribution < 1.29 is 9.53 Å². The monoisotopic (exact) mass is 276 g/mol. The van der Waals surface area contributed by atoms with Gasteiger partial charge in [0.1, 0.15) is 11.8 Å². The summed E-state index contributed by atoms with van der Waals surface area (Å²) >= 11 is 0. The Hall–Kier alpha value is -1.55. The zero-order valence-electron chi connectivity index (χ0n) is 12.1. The lowest BCUT2D eigenvalue weighted by atomic mass is 10.0. The molecule has 2 rings (SSSR count). The first-order valence-electron chi connectivity index (χ1n) is 7.40. The number of nitrogens with one attached hydrogen (secondary N) is 1. The molecule has 0 aromatic heterocycles. The highest BCUT2D eigenvalue weighted by Crippen LogP contribution is 2.27. The average molecular weight is 276 g/mol. The van der Waals surface area contributed by atoms with Crippen molar-refractivity contribution in [1.82, 2.24) is 5.32 Å². The summed E-state index contributed by atoms with van der Waals surface area (Å²) in [7, 11) is 1.61. The summed E-state index contributed by atoms with van der Waals surface area (Å²) in [5.41, 5.74) is 6.42. The fourth-order valence-electron chi connectivity index (χ4n) is 2.91. The van der Waals surface area contributed by atoms with Gasteiger partial charge in [0.2, 0.25) is 5.91 Å². The van der Waals surface area contributed by atoms with Gasteiger partial charge in [0.25, 0.3) is 0 Å². The first kappa shape index (κ1) is 14.9. The summed E-state index contributed by atoms with van der Waals surface area (Å²) in [5.74, 6) is 0.358. The number of primary amides is 1. The Bertz CT molecular complexity index is 440. The second-order valence-corrected chi connectivity index (χ2v) is 5.43. The summed E-state index contributed by atoms with van der Waals surface area (Å²) in [6.07, 6.45) is 7.23. The lowest BCUT2D eigenvalue weighted by Crippen LogP contribution is -2.40. The van der Waals surface area contributed by atoms with E-state index in [1.54, 1.807) is 7.11 Å². The molecular formula is C16H24N2O2. The predicted molar refractivity (Wildman–Crippen MR) is 79.6 cm³/mol. The van der Waals surface area contributed by atoms with Crippen LogP contribution in [0.5, 0.6) is 5.75 Å². The van der Waals surface area contributed by atoms with E-state index in [0.717, 1.165) is 18.4 Å². The third-order valence-electron chi connectivity index (χ3n) is 3.99. The Labute approximate surface area is 120 Å². The van der Waals surface area contributed by atoms with Crippen LogP contribution in [0.15, 0.2) is 24.3 Å². The van der Waals surface area contributed by atoms with E-state index in [2.05, 4.69) is 5.32 Å². The number of rotatable bonds is 5. The van der Waals surface area contributed by atoms with Gasteiger partial charge in [0.05, 0.1) is 7.11 Å². The van der Waals surface area contributed by atoms with Gasteiger partial charge >= 0.3 is 0 Å². The van der Waals surface area contributed by atoms with Crippen molar-refractivity contribution in [1.29, 1.82) is 0 Å². The molecule has 1 unspecified atom stereocenters. The highest BCUT2D eigenvalue weighted by Gasteiger charge is 2.24. The van der Waals surface area contributed by atoms with Crippen LogP contribution in [-0.4, -0.2) is 19.1 Å². The Morgan fingerprint density at radius 2 is 1.90 bits per heavy atom. The summed E-state index contributed by atoms with van der Waals surface area (Å²) < 4.78 is 5.34. The van der Waals surface area contributed by atoms with Gasteiger partial charge in [0.15, 0.2) is 0 Å². The van der Waals surface area contributed by atoms with Gasteiger partial charge in [-0.3, -0.25) is 10.1 Å². The molecule has 0 heterocycles. The highest BCUT2D eigenvalue weighted by molar-refractivity contribution is 5.82. The molecule has 20 heavy (non-hydrogen) atoms. The fraction of sp³-hybridized carbons (Fsp3) is 0.562. The summed E-state index contributed by atoms with van der Waals surface area (Å²) in [6.45, 7) is 0. The summed E-state index contributed by atoms with van der Waals surface area (Å²) in [6, 6.07) is 7.45. The topological polar surface area (TPSA) is 64.3 Å². The minimum Gasteiger partial charge on any atom is -0.496 e. The van der Waals surface area contributed by atoms with E-state index >= 15 is 0 Å². The maximum Gasteiger partial charge on any atom is 0.239 e. The Morgan fingerprint density at radius 3 is 2.50 bits per heavy atom. The van der Waals surface area contributed by atoms with Gasteiger partial charge in [-0.25, -0.2) is 0 Å². The normalized spacial score (nSPS) is 18.2. The van der Waals surface area contributed by atoms with E-state index in [9.17, 15) is 4.79 Å². The number of para-hydroxylation sites is 1. The standard InChI is InChI=1S/C16H24N2O2/c1-20-14-11-7-6-10-13(14)15(16(17)19)18-12-8-4-2-3-5-9-12/h6-7,10-12,15,18H,2-5,8-9H2,1H3,(H2,17,19). The molecule has 4 heteroatoms. The molecule has 0 aliphatic heterocycles. The van der Waals surface area contributed by atoms with Crippen LogP contribution in [0, 0.1) is 0 Å². The van der Waals surface area contributed by atoms with Crippen molar-refractivity contribution in [3.63, 3.8) is 0 Å². The molecule has 1 atom stereocenters. The molecule has 1 aromatic rings. The molecule has 4 nitrogen and oxygen atoms in total. The van der Waals surface area contributed by atoms with E-state index in [-0.39, 0.29) is 5.91 Å². The van der Waals surface area contributed by atoms with Crippen molar-refractivity contribution in [3.8, 4) is 5.75 Å². The van der Waals surface area contributed by atoms with Crippen LogP contribution in [0.1, 0.15) is 50.1 Å². The fourth-order valence-corrected chi connectivity index (χ4v) is 2.91. The van der Waals surface area contributed by atoms with Crippen LogP contribution >= 0.6 is 0 Å². The van der Waals surface area contributed by atoms with Crippen LogP contribution in [0.3, 0.4) is 0 Å². The molecule has 3 N–H and O–H groups in total. The SMILES string of the molecule is COc1ccccc1C(NC1CCCCCC1)C(N)=O. The molecule has 0 spiro atoms. The van der Waals surface area contributed by atoms with Crippen LogP contribution in [0.4, 0.5) is 0 Å². The maximum absolute atomic E-state index is 11.8. The Kier molecular flexibility index (Phi) is 5.41. The number of hydrogen-bond donors (Lipinski definition) is 2. The number of ether oxygens (including phenoxy) is 1. The van der Waals surface area contributed by atoms with Crippen LogP contribution in [0.25, 0.3) is 0 Å². The van der Waals surface area contributed by atoms with Gasteiger partial charge < -0.3 is 10.5 Å². The molecule has 110 valence electrons.